The molecule has 2 aromatic rings. The molecule has 1 N–H and O–H groups in total. The van der Waals surface area contributed by atoms with Crippen LogP contribution in [0, 0.1) is 6.92 Å². The summed E-state index contributed by atoms with van der Waals surface area (Å²) < 4.78 is 0. The molecule has 0 aliphatic heterocycles. The van der Waals surface area contributed by atoms with Crippen molar-refractivity contribution in [1.82, 2.24) is 9.97 Å². The van der Waals surface area contributed by atoms with Gasteiger partial charge < -0.3 is 4.98 Å². The standard InChI is InChI=1S/C13H10Cl2N2O/c1-8-6-13(18)17-12(16-8)5-3-9-2-4-10(14)7-11(9)15/h2-7H,1H3,(H,16,17,18). The molecule has 3 nitrogen and oxygen atoms in total. The topological polar surface area (TPSA) is 45.8 Å². The van der Waals surface area contributed by atoms with Gasteiger partial charge in [0.15, 0.2) is 0 Å². The molecule has 92 valence electrons. The first-order valence-electron chi connectivity index (χ1n) is 5.26. The first-order valence-corrected chi connectivity index (χ1v) is 6.01. The predicted octanol–water partition coefficient (Wildman–Crippen LogP) is 3.56. The number of H-pyrrole nitrogens is 1. The molecule has 5 heteroatoms. The molecule has 0 amide bonds. The van der Waals surface area contributed by atoms with Crippen LogP contribution in [-0.4, -0.2) is 9.97 Å². The summed E-state index contributed by atoms with van der Waals surface area (Å²) in [5, 5.41) is 1.13. The Morgan fingerprint density at radius 3 is 2.67 bits per heavy atom. The Kier molecular flexibility index (Phi) is 3.84. The summed E-state index contributed by atoms with van der Waals surface area (Å²) in [6, 6.07) is 6.65. The first kappa shape index (κ1) is 12.9. The number of nitrogens with one attached hydrogen (secondary N) is 1. The molecule has 0 unspecified atom stereocenters. The van der Waals surface area contributed by atoms with Gasteiger partial charge in [0.25, 0.3) is 5.56 Å². The number of nitrogens with zero attached hydrogens (tertiary/aromatic N) is 1. The van der Waals surface area contributed by atoms with Crippen molar-refractivity contribution in [1.29, 1.82) is 0 Å². The van der Waals surface area contributed by atoms with E-state index in [0.29, 0.717) is 21.6 Å². The van der Waals surface area contributed by atoms with Crippen molar-refractivity contribution >= 4 is 35.4 Å². The third-order valence-corrected chi connectivity index (χ3v) is 2.83. The summed E-state index contributed by atoms with van der Waals surface area (Å²) in [6.07, 6.45) is 3.47. The molecule has 0 bridgehead atoms. The van der Waals surface area contributed by atoms with Gasteiger partial charge in [-0.1, -0.05) is 29.3 Å². The average Bonchev–Trinajstić information content (AvgIpc) is 2.26. The van der Waals surface area contributed by atoms with E-state index in [0.717, 1.165) is 5.56 Å². The van der Waals surface area contributed by atoms with Crippen molar-refractivity contribution in [2.45, 2.75) is 6.92 Å². The van der Waals surface area contributed by atoms with E-state index in [1.54, 1.807) is 37.3 Å². The Hall–Kier alpha value is -1.58. The van der Waals surface area contributed by atoms with Gasteiger partial charge in [-0.25, -0.2) is 4.98 Å². The molecule has 0 spiro atoms. The molecular formula is C13H10Cl2N2O. The van der Waals surface area contributed by atoms with Crippen molar-refractivity contribution < 1.29 is 0 Å². The number of aromatic nitrogens is 2. The van der Waals surface area contributed by atoms with Gasteiger partial charge >= 0.3 is 0 Å². The molecular weight excluding hydrogens is 271 g/mol. The summed E-state index contributed by atoms with van der Waals surface area (Å²) in [5.41, 5.74) is 1.30. The molecule has 1 aromatic carbocycles. The predicted molar refractivity (Wildman–Crippen MR) is 75.0 cm³/mol. The maximum absolute atomic E-state index is 11.3. The Morgan fingerprint density at radius 1 is 1.22 bits per heavy atom. The van der Waals surface area contributed by atoms with E-state index < -0.39 is 0 Å². The molecule has 1 aromatic heterocycles. The maximum atomic E-state index is 11.3. The minimum absolute atomic E-state index is 0.177. The van der Waals surface area contributed by atoms with E-state index in [1.807, 2.05) is 0 Å². The van der Waals surface area contributed by atoms with Crippen LogP contribution in [0.5, 0.6) is 0 Å². The number of aryl methyl sites for hydroxylation is 1. The quantitative estimate of drug-likeness (QED) is 0.914. The Bertz CT molecular complexity index is 662. The highest BCUT2D eigenvalue weighted by Crippen LogP contribution is 2.22. The Balaban J connectivity index is 2.32. The molecule has 0 saturated heterocycles. The number of hydrogen-bond acceptors (Lipinski definition) is 2. The lowest BCUT2D eigenvalue weighted by Crippen LogP contribution is -2.08. The van der Waals surface area contributed by atoms with Crippen LogP contribution in [0.2, 0.25) is 10.0 Å². The molecule has 0 saturated carbocycles. The third-order valence-electron chi connectivity index (χ3n) is 2.27. The maximum Gasteiger partial charge on any atom is 0.251 e. The highest BCUT2D eigenvalue weighted by Gasteiger charge is 1.98. The van der Waals surface area contributed by atoms with Crippen molar-refractivity contribution in [2.24, 2.45) is 0 Å². The first-order chi connectivity index (χ1) is 8.54. The monoisotopic (exact) mass is 280 g/mol. The fraction of sp³-hybridized carbons (Fsp3) is 0.0769. The zero-order valence-electron chi connectivity index (χ0n) is 9.58. The van der Waals surface area contributed by atoms with E-state index in [-0.39, 0.29) is 5.56 Å². The summed E-state index contributed by atoms with van der Waals surface area (Å²) in [6.45, 7) is 1.77. The van der Waals surface area contributed by atoms with E-state index in [1.165, 1.54) is 6.07 Å². The van der Waals surface area contributed by atoms with Gasteiger partial charge in [-0.2, -0.15) is 0 Å². The van der Waals surface area contributed by atoms with Gasteiger partial charge in [0.05, 0.1) is 0 Å². The van der Waals surface area contributed by atoms with Crippen LogP contribution in [0.4, 0.5) is 0 Å². The minimum Gasteiger partial charge on any atom is -0.307 e. The second kappa shape index (κ2) is 5.38. The third kappa shape index (κ3) is 3.22. The zero-order valence-corrected chi connectivity index (χ0v) is 11.1. The highest BCUT2D eigenvalue weighted by atomic mass is 35.5. The van der Waals surface area contributed by atoms with Crippen LogP contribution >= 0.6 is 23.2 Å². The fourth-order valence-corrected chi connectivity index (χ4v) is 1.96. The molecule has 1 heterocycles. The van der Waals surface area contributed by atoms with Gasteiger partial charge in [-0.15, -0.1) is 0 Å². The number of aromatic amines is 1. The fourth-order valence-electron chi connectivity index (χ4n) is 1.49. The summed E-state index contributed by atoms with van der Waals surface area (Å²) in [5.74, 6) is 0.492. The van der Waals surface area contributed by atoms with Crippen LogP contribution < -0.4 is 5.56 Å². The van der Waals surface area contributed by atoms with Crippen LogP contribution in [0.1, 0.15) is 17.1 Å². The van der Waals surface area contributed by atoms with E-state index in [2.05, 4.69) is 9.97 Å². The lowest BCUT2D eigenvalue weighted by atomic mass is 10.2. The van der Waals surface area contributed by atoms with Crippen molar-refractivity contribution in [3.63, 3.8) is 0 Å². The zero-order chi connectivity index (χ0) is 13.1. The molecule has 0 atom stereocenters. The lowest BCUT2D eigenvalue weighted by molar-refractivity contribution is 1.04. The van der Waals surface area contributed by atoms with E-state index in [4.69, 9.17) is 23.2 Å². The van der Waals surface area contributed by atoms with Crippen molar-refractivity contribution in [3.8, 4) is 0 Å². The molecule has 0 aliphatic rings. The van der Waals surface area contributed by atoms with Gasteiger partial charge in [-0.3, -0.25) is 4.79 Å². The lowest BCUT2D eigenvalue weighted by Gasteiger charge is -1.99. The smallest absolute Gasteiger partial charge is 0.251 e. The van der Waals surface area contributed by atoms with Gasteiger partial charge in [-0.05, 0) is 36.8 Å². The minimum atomic E-state index is -0.177. The molecule has 18 heavy (non-hydrogen) atoms. The second-order valence-corrected chi connectivity index (χ2v) is 4.61. The summed E-state index contributed by atoms with van der Waals surface area (Å²) in [4.78, 5) is 18.1. The van der Waals surface area contributed by atoms with Crippen LogP contribution in [0.15, 0.2) is 29.1 Å². The summed E-state index contributed by atoms with van der Waals surface area (Å²) >= 11 is 11.8. The Morgan fingerprint density at radius 2 is 2.00 bits per heavy atom. The van der Waals surface area contributed by atoms with Gasteiger partial charge in [0.1, 0.15) is 5.82 Å². The SMILES string of the molecule is Cc1cc(=O)[nH]c(C=Cc2ccc(Cl)cc2Cl)n1. The Labute approximate surface area is 114 Å². The molecule has 2 rings (SSSR count). The summed E-state index contributed by atoms with van der Waals surface area (Å²) in [7, 11) is 0. The second-order valence-electron chi connectivity index (χ2n) is 3.77. The number of halogens is 2. The van der Waals surface area contributed by atoms with Crippen LogP contribution in [-0.2, 0) is 0 Å². The van der Waals surface area contributed by atoms with E-state index >= 15 is 0 Å². The van der Waals surface area contributed by atoms with Crippen LogP contribution in [0.25, 0.3) is 12.2 Å². The van der Waals surface area contributed by atoms with E-state index in [9.17, 15) is 4.79 Å². The highest BCUT2D eigenvalue weighted by molar-refractivity contribution is 6.35. The normalized spacial score (nSPS) is 11.1. The molecule has 0 fully saturated rings. The van der Waals surface area contributed by atoms with Gasteiger partial charge in [0.2, 0.25) is 0 Å². The number of rotatable bonds is 2. The number of benzene rings is 1. The largest absolute Gasteiger partial charge is 0.307 e. The number of hydrogen-bond donors (Lipinski definition) is 1. The molecule has 0 aliphatic carbocycles. The molecule has 0 radical (unpaired) electrons. The van der Waals surface area contributed by atoms with Crippen molar-refractivity contribution in [2.75, 3.05) is 0 Å². The average molecular weight is 281 g/mol. The van der Waals surface area contributed by atoms with Crippen molar-refractivity contribution in [3.05, 3.63) is 61.7 Å². The van der Waals surface area contributed by atoms with Crippen LogP contribution in [0.3, 0.4) is 0 Å². The van der Waals surface area contributed by atoms with Gasteiger partial charge in [0, 0.05) is 21.8 Å².